The largest absolute Gasteiger partial charge is 0.495 e. The standard InChI is InChI=1S/C12H18N2O/c1-9(2)10(3)14-8-11-12(15-4)6-5-7-13-11/h5-7,9,14H,3,8H2,1-2,4H3. The Kier molecular flexibility index (Phi) is 4.16. The Morgan fingerprint density at radius 3 is 2.93 bits per heavy atom. The molecule has 0 aliphatic heterocycles. The fraction of sp³-hybridized carbons (Fsp3) is 0.417. The average molecular weight is 206 g/mol. The van der Waals surface area contributed by atoms with Crippen molar-refractivity contribution >= 4 is 0 Å². The summed E-state index contributed by atoms with van der Waals surface area (Å²) in [6, 6.07) is 3.77. The molecular formula is C12H18N2O. The molecule has 0 fully saturated rings. The fourth-order valence-corrected chi connectivity index (χ4v) is 1.14. The summed E-state index contributed by atoms with van der Waals surface area (Å²) in [5.41, 5.74) is 1.92. The first-order chi connectivity index (χ1) is 7.15. The lowest BCUT2D eigenvalue weighted by Gasteiger charge is -2.13. The molecule has 1 rings (SSSR count). The molecule has 0 aliphatic rings. The van der Waals surface area contributed by atoms with Crippen molar-refractivity contribution < 1.29 is 4.74 Å². The van der Waals surface area contributed by atoms with Gasteiger partial charge in [0.1, 0.15) is 11.4 Å². The lowest BCUT2D eigenvalue weighted by atomic mass is 10.1. The molecule has 3 heteroatoms. The van der Waals surface area contributed by atoms with E-state index in [4.69, 9.17) is 4.74 Å². The molecule has 82 valence electrons. The summed E-state index contributed by atoms with van der Waals surface area (Å²) in [5, 5.41) is 3.24. The van der Waals surface area contributed by atoms with E-state index < -0.39 is 0 Å². The van der Waals surface area contributed by atoms with Crippen molar-refractivity contribution in [3.8, 4) is 5.75 Å². The van der Waals surface area contributed by atoms with E-state index in [0.717, 1.165) is 17.1 Å². The molecule has 0 aromatic carbocycles. The Balaban J connectivity index is 2.61. The van der Waals surface area contributed by atoms with Gasteiger partial charge < -0.3 is 10.1 Å². The van der Waals surface area contributed by atoms with Crippen LogP contribution >= 0.6 is 0 Å². The van der Waals surface area contributed by atoms with Crippen LogP contribution in [0.4, 0.5) is 0 Å². The molecule has 0 radical (unpaired) electrons. The molecule has 15 heavy (non-hydrogen) atoms. The number of ether oxygens (including phenoxy) is 1. The van der Waals surface area contributed by atoms with Crippen LogP contribution in [0.15, 0.2) is 30.6 Å². The number of nitrogens with zero attached hydrogens (tertiary/aromatic N) is 1. The van der Waals surface area contributed by atoms with Crippen LogP contribution in [0.1, 0.15) is 19.5 Å². The predicted molar refractivity (Wildman–Crippen MR) is 61.6 cm³/mol. The van der Waals surface area contributed by atoms with Gasteiger partial charge in [0.25, 0.3) is 0 Å². The maximum atomic E-state index is 5.21. The first kappa shape index (κ1) is 11.6. The first-order valence-corrected chi connectivity index (χ1v) is 5.05. The van der Waals surface area contributed by atoms with Gasteiger partial charge in [-0.2, -0.15) is 0 Å². The number of hydrogen-bond acceptors (Lipinski definition) is 3. The second-order valence-electron chi connectivity index (χ2n) is 3.69. The van der Waals surface area contributed by atoms with Crippen LogP contribution in [0.5, 0.6) is 5.75 Å². The predicted octanol–water partition coefficient (Wildman–Crippen LogP) is 2.35. The van der Waals surface area contributed by atoms with E-state index in [-0.39, 0.29) is 0 Å². The van der Waals surface area contributed by atoms with Crippen LogP contribution in [0.2, 0.25) is 0 Å². The van der Waals surface area contributed by atoms with Crippen LogP contribution in [0.3, 0.4) is 0 Å². The summed E-state index contributed by atoms with van der Waals surface area (Å²) < 4.78 is 5.21. The van der Waals surface area contributed by atoms with E-state index >= 15 is 0 Å². The smallest absolute Gasteiger partial charge is 0.142 e. The molecule has 0 aliphatic carbocycles. The Morgan fingerprint density at radius 1 is 1.60 bits per heavy atom. The van der Waals surface area contributed by atoms with Crippen LogP contribution in [0.25, 0.3) is 0 Å². The number of rotatable bonds is 5. The molecule has 0 unspecified atom stereocenters. The third kappa shape index (κ3) is 3.27. The molecule has 0 atom stereocenters. The summed E-state index contributed by atoms with van der Waals surface area (Å²) in [6.45, 7) is 8.80. The zero-order chi connectivity index (χ0) is 11.3. The Labute approximate surface area is 91.2 Å². The van der Waals surface area contributed by atoms with E-state index in [1.165, 1.54) is 0 Å². The van der Waals surface area contributed by atoms with Gasteiger partial charge in [-0.15, -0.1) is 0 Å². The number of allylic oxidation sites excluding steroid dienone is 1. The van der Waals surface area contributed by atoms with Gasteiger partial charge in [0, 0.05) is 11.9 Å². The third-order valence-electron chi connectivity index (χ3n) is 2.25. The minimum atomic E-state index is 0.430. The van der Waals surface area contributed by atoms with Gasteiger partial charge in [-0.05, 0) is 18.1 Å². The maximum Gasteiger partial charge on any atom is 0.142 e. The second kappa shape index (κ2) is 5.39. The molecular weight excluding hydrogens is 188 g/mol. The van der Waals surface area contributed by atoms with Gasteiger partial charge in [0.05, 0.1) is 13.7 Å². The molecule has 3 nitrogen and oxygen atoms in total. The lowest BCUT2D eigenvalue weighted by molar-refractivity contribution is 0.405. The molecule has 0 saturated heterocycles. The van der Waals surface area contributed by atoms with Gasteiger partial charge in [-0.25, -0.2) is 0 Å². The monoisotopic (exact) mass is 206 g/mol. The summed E-state index contributed by atoms with van der Waals surface area (Å²) in [4.78, 5) is 4.25. The first-order valence-electron chi connectivity index (χ1n) is 5.05. The molecule has 0 amide bonds. The normalized spacial score (nSPS) is 10.1. The van der Waals surface area contributed by atoms with Crippen LogP contribution in [-0.4, -0.2) is 12.1 Å². The topological polar surface area (TPSA) is 34.2 Å². The van der Waals surface area contributed by atoms with Gasteiger partial charge >= 0.3 is 0 Å². The molecule has 1 N–H and O–H groups in total. The average Bonchev–Trinajstić information content (AvgIpc) is 2.26. The van der Waals surface area contributed by atoms with Crippen molar-refractivity contribution in [1.82, 2.24) is 10.3 Å². The van der Waals surface area contributed by atoms with Crippen LogP contribution in [-0.2, 0) is 6.54 Å². The molecule has 0 saturated carbocycles. The van der Waals surface area contributed by atoms with E-state index in [1.54, 1.807) is 13.3 Å². The van der Waals surface area contributed by atoms with E-state index in [1.807, 2.05) is 12.1 Å². The number of nitrogens with one attached hydrogen (secondary N) is 1. The fourth-order valence-electron chi connectivity index (χ4n) is 1.14. The summed E-state index contributed by atoms with van der Waals surface area (Å²) in [6.07, 6.45) is 1.76. The van der Waals surface area contributed by atoms with Crippen molar-refractivity contribution in [3.05, 3.63) is 36.3 Å². The number of hydrogen-bond donors (Lipinski definition) is 1. The molecule has 1 aromatic heterocycles. The quantitative estimate of drug-likeness (QED) is 0.803. The maximum absolute atomic E-state index is 5.21. The van der Waals surface area contributed by atoms with Crippen molar-refractivity contribution in [1.29, 1.82) is 0 Å². The number of methoxy groups -OCH3 is 1. The summed E-state index contributed by atoms with van der Waals surface area (Å²) in [7, 11) is 1.65. The highest BCUT2D eigenvalue weighted by Crippen LogP contribution is 2.14. The molecule has 1 aromatic rings. The minimum absolute atomic E-state index is 0.430. The number of aromatic nitrogens is 1. The van der Waals surface area contributed by atoms with Gasteiger partial charge in [-0.3, -0.25) is 4.98 Å². The Hall–Kier alpha value is -1.51. The zero-order valence-corrected chi connectivity index (χ0v) is 9.58. The van der Waals surface area contributed by atoms with Crippen molar-refractivity contribution in [2.45, 2.75) is 20.4 Å². The van der Waals surface area contributed by atoms with Gasteiger partial charge in [-0.1, -0.05) is 20.4 Å². The summed E-state index contributed by atoms with van der Waals surface area (Å²) in [5.74, 6) is 1.24. The minimum Gasteiger partial charge on any atom is -0.495 e. The molecule has 0 bridgehead atoms. The van der Waals surface area contributed by atoms with Crippen molar-refractivity contribution in [2.75, 3.05) is 7.11 Å². The highest BCUT2D eigenvalue weighted by Gasteiger charge is 2.04. The molecule has 1 heterocycles. The lowest BCUT2D eigenvalue weighted by Crippen LogP contribution is -2.17. The number of pyridine rings is 1. The van der Waals surface area contributed by atoms with E-state index in [9.17, 15) is 0 Å². The zero-order valence-electron chi connectivity index (χ0n) is 9.58. The van der Waals surface area contributed by atoms with Gasteiger partial charge in [0.2, 0.25) is 0 Å². The Morgan fingerprint density at radius 2 is 2.33 bits per heavy atom. The van der Waals surface area contributed by atoms with Gasteiger partial charge in [0.15, 0.2) is 0 Å². The third-order valence-corrected chi connectivity index (χ3v) is 2.25. The molecule has 0 spiro atoms. The second-order valence-corrected chi connectivity index (χ2v) is 3.69. The highest BCUT2D eigenvalue weighted by molar-refractivity contribution is 5.26. The van der Waals surface area contributed by atoms with Crippen LogP contribution in [0, 0.1) is 5.92 Å². The van der Waals surface area contributed by atoms with Crippen molar-refractivity contribution in [2.24, 2.45) is 5.92 Å². The Bertz CT molecular complexity index is 334. The SMILES string of the molecule is C=C(NCc1ncccc1OC)C(C)C. The van der Waals surface area contributed by atoms with Crippen molar-refractivity contribution in [3.63, 3.8) is 0 Å². The van der Waals surface area contributed by atoms with E-state index in [0.29, 0.717) is 12.5 Å². The van der Waals surface area contributed by atoms with E-state index in [2.05, 4.69) is 30.7 Å². The summed E-state index contributed by atoms with van der Waals surface area (Å²) >= 11 is 0. The van der Waals surface area contributed by atoms with Crippen LogP contribution < -0.4 is 10.1 Å². The highest BCUT2D eigenvalue weighted by atomic mass is 16.5.